The zero-order valence-electron chi connectivity index (χ0n) is 8.04. The highest BCUT2D eigenvalue weighted by molar-refractivity contribution is 7.86. The molecule has 1 heterocycles. The second-order valence-corrected chi connectivity index (χ2v) is 5.11. The van der Waals surface area contributed by atoms with Gasteiger partial charge in [0.15, 0.2) is 0 Å². The Kier molecular flexibility index (Phi) is 2.28. The standard InChI is InChI=1S/C10H10O4S/c1-7(15(11,12)13)8-2-3-10-9(6-8)4-5-14-10/h2-7H,1H3,(H,11,12,13). The van der Waals surface area contributed by atoms with E-state index >= 15 is 0 Å². The third-order valence-corrected chi connectivity index (χ3v) is 3.56. The van der Waals surface area contributed by atoms with Gasteiger partial charge >= 0.3 is 0 Å². The van der Waals surface area contributed by atoms with Gasteiger partial charge in [0.05, 0.1) is 6.26 Å². The molecule has 0 saturated heterocycles. The Hall–Kier alpha value is -1.33. The van der Waals surface area contributed by atoms with Crippen molar-refractivity contribution in [2.75, 3.05) is 0 Å². The first kappa shape index (κ1) is 10.2. The van der Waals surface area contributed by atoms with Crippen molar-refractivity contribution in [2.45, 2.75) is 12.2 Å². The molecule has 0 bridgehead atoms. The van der Waals surface area contributed by atoms with Gasteiger partial charge in [-0.2, -0.15) is 8.42 Å². The van der Waals surface area contributed by atoms with E-state index in [1.165, 1.54) is 13.2 Å². The van der Waals surface area contributed by atoms with Crippen molar-refractivity contribution in [1.82, 2.24) is 0 Å². The van der Waals surface area contributed by atoms with Gasteiger partial charge in [-0.25, -0.2) is 0 Å². The van der Waals surface area contributed by atoms with Gasteiger partial charge in [-0.05, 0) is 30.7 Å². The predicted molar refractivity (Wildman–Crippen MR) is 56.2 cm³/mol. The van der Waals surface area contributed by atoms with Gasteiger partial charge in [0, 0.05) is 5.39 Å². The largest absolute Gasteiger partial charge is 0.464 e. The van der Waals surface area contributed by atoms with Gasteiger partial charge in [0.2, 0.25) is 0 Å². The van der Waals surface area contributed by atoms with Crippen molar-refractivity contribution < 1.29 is 17.4 Å². The lowest BCUT2D eigenvalue weighted by molar-refractivity contribution is 0.472. The summed E-state index contributed by atoms with van der Waals surface area (Å²) in [5, 5.41) is -0.0974. The fourth-order valence-electron chi connectivity index (χ4n) is 1.41. The second-order valence-electron chi connectivity index (χ2n) is 3.38. The van der Waals surface area contributed by atoms with Gasteiger partial charge in [-0.3, -0.25) is 4.55 Å². The fraction of sp³-hybridized carbons (Fsp3) is 0.200. The summed E-state index contributed by atoms with van der Waals surface area (Å²) in [6.45, 7) is 1.44. The van der Waals surface area contributed by atoms with E-state index in [2.05, 4.69) is 0 Å². The first-order chi connectivity index (χ1) is 6.98. The fourth-order valence-corrected chi connectivity index (χ4v) is 1.90. The van der Waals surface area contributed by atoms with Crippen LogP contribution in [0.2, 0.25) is 0 Å². The molecule has 0 fully saturated rings. The van der Waals surface area contributed by atoms with Crippen LogP contribution in [0.15, 0.2) is 34.9 Å². The van der Waals surface area contributed by atoms with Crippen molar-refractivity contribution in [3.63, 3.8) is 0 Å². The first-order valence-electron chi connectivity index (χ1n) is 4.42. The molecule has 0 aliphatic rings. The molecule has 0 saturated carbocycles. The average Bonchev–Trinajstić information content (AvgIpc) is 2.61. The van der Waals surface area contributed by atoms with Crippen LogP contribution < -0.4 is 0 Å². The minimum Gasteiger partial charge on any atom is -0.464 e. The molecule has 1 N–H and O–H groups in total. The van der Waals surface area contributed by atoms with E-state index < -0.39 is 15.4 Å². The third kappa shape index (κ3) is 1.88. The maximum atomic E-state index is 10.9. The quantitative estimate of drug-likeness (QED) is 0.798. The number of furan rings is 1. The molecule has 1 atom stereocenters. The van der Waals surface area contributed by atoms with Crippen molar-refractivity contribution >= 4 is 21.1 Å². The van der Waals surface area contributed by atoms with Gasteiger partial charge in [0.25, 0.3) is 10.1 Å². The number of benzene rings is 1. The lowest BCUT2D eigenvalue weighted by Crippen LogP contribution is -2.07. The Balaban J connectivity index is 2.53. The average molecular weight is 226 g/mol. The molecular weight excluding hydrogens is 216 g/mol. The minimum atomic E-state index is -4.04. The van der Waals surface area contributed by atoms with Gasteiger partial charge < -0.3 is 4.42 Å². The van der Waals surface area contributed by atoms with Crippen LogP contribution in [-0.2, 0) is 10.1 Å². The lowest BCUT2D eigenvalue weighted by Gasteiger charge is -2.07. The second kappa shape index (κ2) is 3.36. The zero-order valence-corrected chi connectivity index (χ0v) is 8.86. The van der Waals surface area contributed by atoms with Crippen molar-refractivity contribution in [1.29, 1.82) is 0 Å². The predicted octanol–water partition coefficient (Wildman–Crippen LogP) is 2.38. The van der Waals surface area contributed by atoms with Crippen LogP contribution in [0.1, 0.15) is 17.7 Å². The molecule has 5 heteroatoms. The summed E-state index contributed by atoms with van der Waals surface area (Å²) < 4.78 is 35.9. The number of rotatable bonds is 2. The summed E-state index contributed by atoms with van der Waals surface area (Å²) in [6, 6.07) is 6.75. The van der Waals surface area contributed by atoms with E-state index in [9.17, 15) is 8.42 Å². The Labute approximate surface area is 87.3 Å². The molecule has 2 aromatic rings. The molecule has 4 nitrogen and oxygen atoms in total. The normalized spacial score (nSPS) is 14.3. The van der Waals surface area contributed by atoms with E-state index in [-0.39, 0.29) is 0 Å². The van der Waals surface area contributed by atoms with Crippen LogP contribution >= 0.6 is 0 Å². The Bertz CT molecular complexity index is 582. The Morgan fingerprint density at radius 3 is 2.73 bits per heavy atom. The van der Waals surface area contributed by atoms with E-state index in [1.54, 1.807) is 24.3 Å². The minimum absolute atomic E-state index is 0.548. The van der Waals surface area contributed by atoms with Gasteiger partial charge in [-0.15, -0.1) is 0 Å². The molecule has 1 aromatic heterocycles. The molecule has 0 radical (unpaired) electrons. The van der Waals surface area contributed by atoms with Crippen LogP contribution in [0, 0.1) is 0 Å². The number of hydrogen-bond acceptors (Lipinski definition) is 3. The SMILES string of the molecule is CC(c1ccc2occc2c1)S(=O)(=O)O. The van der Waals surface area contributed by atoms with E-state index in [0.717, 1.165) is 5.39 Å². The van der Waals surface area contributed by atoms with Gasteiger partial charge in [0.1, 0.15) is 10.8 Å². The van der Waals surface area contributed by atoms with Crippen LogP contribution in [0.25, 0.3) is 11.0 Å². The smallest absolute Gasteiger partial charge is 0.271 e. The highest BCUT2D eigenvalue weighted by atomic mass is 32.2. The molecule has 0 spiro atoms. The molecular formula is C10H10O4S. The Morgan fingerprint density at radius 2 is 2.07 bits per heavy atom. The molecule has 0 aliphatic heterocycles. The van der Waals surface area contributed by atoms with Crippen molar-refractivity contribution in [3.8, 4) is 0 Å². The molecule has 15 heavy (non-hydrogen) atoms. The van der Waals surface area contributed by atoms with Crippen LogP contribution in [-0.4, -0.2) is 13.0 Å². The highest BCUT2D eigenvalue weighted by Gasteiger charge is 2.19. The first-order valence-corrected chi connectivity index (χ1v) is 5.92. The van der Waals surface area contributed by atoms with Crippen LogP contribution in [0.3, 0.4) is 0 Å². The lowest BCUT2D eigenvalue weighted by atomic mass is 10.1. The molecule has 0 amide bonds. The number of hydrogen-bond donors (Lipinski definition) is 1. The van der Waals surface area contributed by atoms with E-state index in [1.807, 2.05) is 0 Å². The molecule has 1 unspecified atom stereocenters. The summed E-state index contributed by atoms with van der Waals surface area (Å²) >= 11 is 0. The maximum absolute atomic E-state index is 10.9. The van der Waals surface area contributed by atoms with E-state index in [0.29, 0.717) is 11.1 Å². The van der Waals surface area contributed by atoms with Crippen molar-refractivity contribution in [3.05, 3.63) is 36.1 Å². The molecule has 0 aliphatic carbocycles. The van der Waals surface area contributed by atoms with Crippen LogP contribution in [0.5, 0.6) is 0 Å². The van der Waals surface area contributed by atoms with E-state index in [4.69, 9.17) is 8.97 Å². The summed E-state index contributed by atoms with van der Waals surface area (Å²) in [7, 11) is -4.04. The van der Waals surface area contributed by atoms with Crippen LogP contribution in [0.4, 0.5) is 0 Å². The topological polar surface area (TPSA) is 67.5 Å². The highest BCUT2D eigenvalue weighted by Crippen LogP contribution is 2.25. The monoisotopic (exact) mass is 226 g/mol. The summed E-state index contributed by atoms with van der Waals surface area (Å²) in [5.74, 6) is 0. The zero-order chi connectivity index (χ0) is 11.1. The summed E-state index contributed by atoms with van der Waals surface area (Å²) in [6.07, 6.45) is 1.53. The molecule has 2 rings (SSSR count). The van der Waals surface area contributed by atoms with Crippen molar-refractivity contribution in [2.24, 2.45) is 0 Å². The summed E-state index contributed by atoms with van der Waals surface area (Å²) in [5.41, 5.74) is 1.24. The maximum Gasteiger partial charge on any atom is 0.271 e. The molecule has 1 aromatic carbocycles. The molecule has 80 valence electrons. The van der Waals surface area contributed by atoms with Gasteiger partial charge in [-0.1, -0.05) is 6.07 Å². The third-order valence-electron chi connectivity index (χ3n) is 2.39. The number of fused-ring (bicyclic) bond motifs is 1. The summed E-state index contributed by atoms with van der Waals surface area (Å²) in [4.78, 5) is 0. The Morgan fingerprint density at radius 1 is 1.33 bits per heavy atom.